The van der Waals surface area contributed by atoms with Crippen molar-refractivity contribution in [2.24, 2.45) is 0 Å². The van der Waals surface area contributed by atoms with Gasteiger partial charge < -0.3 is 5.32 Å². The molecule has 1 amide bonds. The second-order valence-corrected chi connectivity index (χ2v) is 6.39. The van der Waals surface area contributed by atoms with Crippen LogP contribution in [0.2, 0.25) is 0 Å². The molecule has 0 radical (unpaired) electrons. The lowest BCUT2D eigenvalue weighted by Gasteiger charge is -2.05. The lowest BCUT2D eigenvalue weighted by atomic mass is 10.2. The summed E-state index contributed by atoms with van der Waals surface area (Å²) in [5.74, 6) is 0.441. The van der Waals surface area contributed by atoms with Crippen molar-refractivity contribution in [2.75, 3.05) is 5.32 Å². The van der Waals surface area contributed by atoms with E-state index < -0.39 is 0 Å². The zero-order valence-electron chi connectivity index (χ0n) is 13.0. The number of aromatic nitrogens is 2. The van der Waals surface area contributed by atoms with E-state index in [2.05, 4.69) is 27.4 Å². The van der Waals surface area contributed by atoms with Crippen molar-refractivity contribution in [3.05, 3.63) is 75.4 Å². The van der Waals surface area contributed by atoms with Gasteiger partial charge in [0.25, 0.3) is 5.91 Å². The Bertz CT molecular complexity index is 827. The summed E-state index contributed by atoms with van der Waals surface area (Å²) in [6.07, 6.45) is 2.41. The topological polar surface area (TPSA) is 54.9 Å². The number of nitrogens with zero attached hydrogens (tertiary/aromatic N) is 2. The molecule has 3 rings (SSSR count). The summed E-state index contributed by atoms with van der Waals surface area (Å²) in [7, 11) is 0. The Morgan fingerprint density at radius 2 is 1.91 bits per heavy atom. The SMILES string of the molecule is Cc1cccnc1NC(=O)c1sc(Cc2ccccc2)nc1C. The number of hydrogen-bond acceptors (Lipinski definition) is 4. The predicted molar refractivity (Wildman–Crippen MR) is 93.0 cm³/mol. The van der Waals surface area contributed by atoms with Crippen LogP contribution in [-0.4, -0.2) is 15.9 Å². The fourth-order valence-corrected chi connectivity index (χ4v) is 3.28. The number of hydrogen-bond donors (Lipinski definition) is 1. The van der Waals surface area contributed by atoms with E-state index in [-0.39, 0.29) is 5.91 Å². The number of amides is 1. The first-order valence-electron chi connectivity index (χ1n) is 7.36. The summed E-state index contributed by atoms with van der Waals surface area (Å²) >= 11 is 1.44. The molecule has 0 aliphatic heterocycles. The molecule has 0 saturated heterocycles. The van der Waals surface area contributed by atoms with Gasteiger partial charge in [-0.3, -0.25) is 4.79 Å². The number of carbonyl (C=O) groups excluding carboxylic acids is 1. The van der Waals surface area contributed by atoms with Crippen LogP contribution in [0, 0.1) is 13.8 Å². The molecule has 2 aromatic heterocycles. The predicted octanol–water partition coefficient (Wildman–Crippen LogP) is 4.00. The zero-order chi connectivity index (χ0) is 16.2. The van der Waals surface area contributed by atoms with Gasteiger partial charge in [-0.15, -0.1) is 11.3 Å². The van der Waals surface area contributed by atoms with Gasteiger partial charge in [0.2, 0.25) is 0 Å². The molecule has 1 N–H and O–H groups in total. The molecule has 0 bridgehead atoms. The highest BCUT2D eigenvalue weighted by atomic mass is 32.1. The number of rotatable bonds is 4. The highest BCUT2D eigenvalue weighted by molar-refractivity contribution is 7.14. The molecule has 23 heavy (non-hydrogen) atoms. The van der Waals surface area contributed by atoms with Gasteiger partial charge in [0.1, 0.15) is 10.7 Å². The first-order chi connectivity index (χ1) is 11.1. The third-order valence-corrected chi connectivity index (χ3v) is 4.64. The molecule has 5 heteroatoms. The Morgan fingerprint density at radius 1 is 1.13 bits per heavy atom. The van der Waals surface area contributed by atoms with Gasteiger partial charge in [-0.1, -0.05) is 36.4 Å². The summed E-state index contributed by atoms with van der Waals surface area (Å²) in [4.78, 5) is 21.8. The molecule has 0 unspecified atom stereocenters. The lowest BCUT2D eigenvalue weighted by Crippen LogP contribution is -2.13. The summed E-state index contributed by atoms with van der Waals surface area (Å²) in [6.45, 7) is 3.79. The van der Waals surface area contributed by atoms with Crippen molar-refractivity contribution >= 4 is 23.1 Å². The molecule has 0 aliphatic rings. The maximum absolute atomic E-state index is 12.5. The number of thiazole rings is 1. The van der Waals surface area contributed by atoms with E-state index in [0.29, 0.717) is 10.7 Å². The van der Waals surface area contributed by atoms with Crippen molar-refractivity contribution < 1.29 is 4.79 Å². The highest BCUT2D eigenvalue weighted by Crippen LogP contribution is 2.22. The van der Waals surface area contributed by atoms with Gasteiger partial charge in [0, 0.05) is 12.6 Å². The molecule has 2 heterocycles. The molecule has 0 saturated carbocycles. The minimum Gasteiger partial charge on any atom is -0.306 e. The zero-order valence-corrected chi connectivity index (χ0v) is 13.9. The van der Waals surface area contributed by atoms with Crippen LogP contribution in [0.4, 0.5) is 5.82 Å². The number of pyridine rings is 1. The van der Waals surface area contributed by atoms with Crippen molar-refractivity contribution in [1.29, 1.82) is 0 Å². The molecule has 0 fully saturated rings. The van der Waals surface area contributed by atoms with E-state index in [1.165, 1.54) is 16.9 Å². The van der Waals surface area contributed by atoms with Crippen molar-refractivity contribution in [1.82, 2.24) is 9.97 Å². The van der Waals surface area contributed by atoms with Gasteiger partial charge >= 0.3 is 0 Å². The smallest absolute Gasteiger partial charge is 0.268 e. The van der Waals surface area contributed by atoms with Gasteiger partial charge in [-0.2, -0.15) is 0 Å². The van der Waals surface area contributed by atoms with Crippen LogP contribution in [0.1, 0.15) is 31.5 Å². The number of carbonyl (C=O) groups is 1. The van der Waals surface area contributed by atoms with Crippen molar-refractivity contribution in [3.63, 3.8) is 0 Å². The van der Waals surface area contributed by atoms with E-state index in [9.17, 15) is 4.79 Å². The Labute approximate surface area is 139 Å². The minimum atomic E-state index is -0.152. The maximum Gasteiger partial charge on any atom is 0.268 e. The molecule has 116 valence electrons. The Balaban J connectivity index is 1.78. The van der Waals surface area contributed by atoms with Gasteiger partial charge in [0.05, 0.1) is 10.7 Å². The normalized spacial score (nSPS) is 10.5. The average molecular weight is 323 g/mol. The van der Waals surface area contributed by atoms with Crippen LogP contribution in [0.3, 0.4) is 0 Å². The molecule has 0 aliphatic carbocycles. The number of nitrogens with one attached hydrogen (secondary N) is 1. The second-order valence-electron chi connectivity index (χ2n) is 5.31. The average Bonchev–Trinajstić information content (AvgIpc) is 2.91. The van der Waals surface area contributed by atoms with Crippen LogP contribution in [0.5, 0.6) is 0 Å². The second kappa shape index (κ2) is 6.71. The first-order valence-corrected chi connectivity index (χ1v) is 8.18. The maximum atomic E-state index is 12.5. The van der Waals surface area contributed by atoms with Crippen LogP contribution in [-0.2, 0) is 6.42 Å². The summed E-state index contributed by atoms with van der Waals surface area (Å²) in [5.41, 5.74) is 2.88. The molecule has 0 spiro atoms. The van der Waals surface area contributed by atoms with Crippen LogP contribution in [0.25, 0.3) is 0 Å². The van der Waals surface area contributed by atoms with Crippen LogP contribution >= 0.6 is 11.3 Å². The standard InChI is InChI=1S/C18H17N3OS/c1-12-7-6-10-19-17(12)21-18(22)16-13(2)20-15(23-16)11-14-8-4-3-5-9-14/h3-10H,11H2,1-2H3,(H,19,21,22). The van der Waals surface area contributed by atoms with E-state index in [0.717, 1.165) is 22.7 Å². The fourth-order valence-electron chi connectivity index (χ4n) is 2.29. The highest BCUT2D eigenvalue weighted by Gasteiger charge is 2.16. The van der Waals surface area contributed by atoms with E-state index in [1.54, 1.807) is 6.20 Å². The Hall–Kier alpha value is -2.53. The lowest BCUT2D eigenvalue weighted by molar-refractivity contribution is 0.102. The Kier molecular flexibility index (Phi) is 4.48. The monoisotopic (exact) mass is 323 g/mol. The van der Waals surface area contributed by atoms with Crippen molar-refractivity contribution in [2.45, 2.75) is 20.3 Å². The summed E-state index contributed by atoms with van der Waals surface area (Å²) in [5, 5.41) is 3.81. The van der Waals surface area contributed by atoms with Gasteiger partial charge in [-0.25, -0.2) is 9.97 Å². The molecule has 1 aromatic carbocycles. The molecular weight excluding hydrogens is 306 g/mol. The van der Waals surface area contributed by atoms with E-state index >= 15 is 0 Å². The van der Waals surface area contributed by atoms with Gasteiger partial charge in [-0.05, 0) is 31.0 Å². The largest absolute Gasteiger partial charge is 0.306 e. The molecule has 3 aromatic rings. The third-order valence-electron chi connectivity index (χ3n) is 3.49. The number of benzene rings is 1. The molecule has 4 nitrogen and oxygen atoms in total. The van der Waals surface area contributed by atoms with E-state index in [4.69, 9.17) is 0 Å². The summed E-state index contributed by atoms with van der Waals surface area (Å²) < 4.78 is 0. The van der Waals surface area contributed by atoms with E-state index in [1.807, 2.05) is 44.2 Å². The van der Waals surface area contributed by atoms with Crippen LogP contribution in [0.15, 0.2) is 48.7 Å². The molecular formula is C18H17N3OS. The summed E-state index contributed by atoms with van der Waals surface area (Å²) in [6, 6.07) is 13.9. The molecule has 0 atom stereocenters. The Morgan fingerprint density at radius 3 is 2.65 bits per heavy atom. The van der Waals surface area contributed by atoms with Gasteiger partial charge in [0.15, 0.2) is 0 Å². The quantitative estimate of drug-likeness (QED) is 0.789. The minimum absolute atomic E-state index is 0.152. The van der Waals surface area contributed by atoms with Crippen molar-refractivity contribution in [3.8, 4) is 0 Å². The number of aryl methyl sites for hydroxylation is 2. The third kappa shape index (κ3) is 3.63. The number of anilines is 1. The fraction of sp³-hybridized carbons (Fsp3) is 0.167. The first kappa shape index (κ1) is 15.4. The van der Waals surface area contributed by atoms with Crippen LogP contribution < -0.4 is 5.32 Å².